The van der Waals surface area contributed by atoms with Crippen molar-refractivity contribution in [3.05, 3.63) is 67.8 Å². The minimum Gasteiger partial charge on any atom is -0.310 e. The van der Waals surface area contributed by atoms with Crippen molar-refractivity contribution in [1.29, 1.82) is 5.26 Å². The van der Waals surface area contributed by atoms with E-state index in [1.54, 1.807) is 19.2 Å². The lowest BCUT2D eigenvalue weighted by atomic mass is 10.1. The van der Waals surface area contributed by atoms with Crippen LogP contribution in [0.4, 0.5) is 4.39 Å². The first-order valence-corrected chi connectivity index (χ1v) is 6.35. The zero-order valence-corrected chi connectivity index (χ0v) is 11.7. The molecule has 2 aromatic rings. The maximum Gasteiger partial charge on any atom is 0.253 e. The fourth-order valence-electron chi connectivity index (χ4n) is 1.81. The Labute approximate surface area is 118 Å². The predicted molar refractivity (Wildman–Crippen MR) is 73.4 cm³/mol. The largest absolute Gasteiger partial charge is 0.310 e. The highest BCUT2D eigenvalue weighted by Crippen LogP contribution is 2.13. The fourth-order valence-corrected chi connectivity index (χ4v) is 2.40. The van der Waals surface area contributed by atoms with Gasteiger partial charge in [0.2, 0.25) is 0 Å². The summed E-state index contributed by atoms with van der Waals surface area (Å²) in [5.41, 5.74) is 1.09. The number of aromatic nitrogens is 1. The zero-order valence-electron chi connectivity index (χ0n) is 10.2. The number of nitrogens with zero attached hydrogens (tertiary/aromatic N) is 2. The van der Waals surface area contributed by atoms with Crippen molar-refractivity contribution in [3.8, 4) is 6.07 Å². The SMILES string of the molecule is Cc1cc(Br)cn(Cc2cc(C#N)ccc2F)c1=O. The van der Waals surface area contributed by atoms with Gasteiger partial charge in [-0.3, -0.25) is 4.79 Å². The number of hydrogen-bond donors (Lipinski definition) is 0. The molecule has 3 nitrogen and oxygen atoms in total. The molecule has 0 spiro atoms. The van der Waals surface area contributed by atoms with Gasteiger partial charge in [0.15, 0.2) is 0 Å². The second-order valence-corrected chi connectivity index (χ2v) is 5.11. The van der Waals surface area contributed by atoms with E-state index in [-0.39, 0.29) is 12.1 Å². The molecule has 0 aliphatic carbocycles. The van der Waals surface area contributed by atoms with Crippen LogP contribution in [0.5, 0.6) is 0 Å². The van der Waals surface area contributed by atoms with Crippen molar-refractivity contribution in [3.63, 3.8) is 0 Å². The van der Waals surface area contributed by atoms with Crippen molar-refractivity contribution in [1.82, 2.24) is 4.57 Å². The molecule has 0 saturated carbocycles. The second kappa shape index (κ2) is 5.37. The third kappa shape index (κ3) is 2.91. The van der Waals surface area contributed by atoms with E-state index >= 15 is 0 Å². The monoisotopic (exact) mass is 320 g/mol. The molecule has 5 heteroatoms. The van der Waals surface area contributed by atoms with Gasteiger partial charge in [-0.1, -0.05) is 0 Å². The molecule has 0 saturated heterocycles. The van der Waals surface area contributed by atoms with E-state index < -0.39 is 5.82 Å². The van der Waals surface area contributed by atoms with Crippen molar-refractivity contribution in [2.75, 3.05) is 0 Å². The number of pyridine rings is 1. The van der Waals surface area contributed by atoms with Crippen LogP contribution in [0.2, 0.25) is 0 Å². The van der Waals surface area contributed by atoms with E-state index in [0.717, 1.165) is 4.47 Å². The number of hydrogen-bond acceptors (Lipinski definition) is 2. The number of halogens is 2. The van der Waals surface area contributed by atoms with Crippen LogP contribution in [0.1, 0.15) is 16.7 Å². The summed E-state index contributed by atoms with van der Waals surface area (Å²) in [4.78, 5) is 11.9. The number of rotatable bonds is 2. The number of aryl methyl sites for hydroxylation is 1. The van der Waals surface area contributed by atoms with Gasteiger partial charge in [-0.25, -0.2) is 4.39 Å². The van der Waals surface area contributed by atoms with Crippen molar-refractivity contribution >= 4 is 15.9 Å². The summed E-state index contributed by atoms with van der Waals surface area (Å²) in [6, 6.07) is 7.77. The molecule has 0 amide bonds. The van der Waals surface area contributed by atoms with E-state index in [1.807, 2.05) is 6.07 Å². The van der Waals surface area contributed by atoms with Gasteiger partial charge in [0.05, 0.1) is 18.2 Å². The average Bonchev–Trinajstić information content (AvgIpc) is 2.38. The summed E-state index contributed by atoms with van der Waals surface area (Å²) < 4.78 is 15.9. The molecule has 0 fully saturated rings. The van der Waals surface area contributed by atoms with Gasteiger partial charge in [-0.15, -0.1) is 0 Å². The highest BCUT2D eigenvalue weighted by atomic mass is 79.9. The van der Waals surface area contributed by atoms with Crippen molar-refractivity contribution in [2.45, 2.75) is 13.5 Å². The van der Waals surface area contributed by atoms with Crippen molar-refractivity contribution in [2.24, 2.45) is 0 Å². The van der Waals surface area contributed by atoms with Gasteiger partial charge in [-0.05, 0) is 47.1 Å². The molecule has 1 aromatic heterocycles. The molecular formula is C14H10BrFN2O. The van der Waals surface area contributed by atoms with Crippen LogP contribution in [-0.2, 0) is 6.54 Å². The molecule has 0 radical (unpaired) electrons. The molecule has 0 unspecified atom stereocenters. The minimum absolute atomic E-state index is 0.0977. The Morgan fingerprint density at radius 1 is 1.42 bits per heavy atom. The van der Waals surface area contributed by atoms with Gasteiger partial charge in [0.1, 0.15) is 5.82 Å². The first-order valence-electron chi connectivity index (χ1n) is 5.56. The Morgan fingerprint density at radius 2 is 2.16 bits per heavy atom. The van der Waals surface area contributed by atoms with Crippen LogP contribution >= 0.6 is 15.9 Å². The van der Waals surface area contributed by atoms with Gasteiger partial charge in [-0.2, -0.15) is 5.26 Å². The molecule has 0 atom stereocenters. The first kappa shape index (κ1) is 13.5. The van der Waals surface area contributed by atoms with E-state index in [0.29, 0.717) is 16.7 Å². The Kier molecular flexibility index (Phi) is 3.82. The molecule has 0 aliphatic heterocycles. The molecule has 0 N–H and O–H groups in total. The standard InChI is InChI=1S/C14H10BrFN2O/c1-9-4-12(15)8-18(14(9)19)7-11-5-10(6-17)2-3-13(11)16/h2-5,8H,7H2,1H3. The molecule has 96 valence electrons. The van der Waals surface area contributed by atoms with Gasteiger partial charge >= 0.3 is 0 Å². The Morgan fingerprint density at radius 3 is 2.84 bits per heavy atom. The summed E-state index contributed by atoms with van der Waals surface area (Å²) in [5, 5.41) is 8.81. The van der Waals surface area contributed by atoms with E-state index in [9.17, 15) is 9.18 Å². The maximum atomic E-state index is 13.7. The van der Waals surface area contributed by atoms with Gasteiger partial charge in [0, 0.05) is 21.8 Å². The molecule has 2 rings (SSSR count). The summed E-state index contributed by atoms with van der Waals surface area (Å²) in [6.45, 7) is 1.80. The van der Waals surface area contributed by atoms with Crippen LogP contribution in [0, 0.1) is 24.1 Å². The molecule has 19 heavy (non-hydrogen) atoms. The molecule has 1 aromatic carbocycles. The van der Waals surface area contributed by atoms with E-state index in [1.165, 1.54) is 22.8 Å². The summed E-state index contributed by atoms with van der Waals surface area (Å²) in [5.74, 6) is -0.427. The van der Waals surface area contributed by atoms with Gasteiger partial charge < -0.3 is 4.57 Å². The van der Waals surface area contributed by atoms with E-state index in [4.69, 9.17) is 5.26 Å². The highest BCUT2D eigenvalue weighted by Gasteiger charge is 2.07. The topological polar surface area (TPSA) is 45.8 Å². The Bertz CT molecular complexity index is 731. The van der Waals surface area contributed by atoms with Crippen LogP contribution in [0.15, 0.2) is 39.7 Å². The lowest BCUT2D eigenvalue weighted by Gasteiger charge is -2.09. The summed E-state index contributed by atoms with van der Waals surface area (Å²) >= 11 is 3.30. The Balaban J connectivity index is 2.48. The maximum absolute atomic E-state index is 13.7. The normalized spacial score (nSPS) is 10.2. The molecule has 0 aliphatic rings. The highest BCUT2D eigenvalue weighted by molar-refractivity contribution is 9.10. The molecular weight excluding hydrogens is 311 g/mol. The number of nitriles is 1. The summed E-state index contributed by atoms with van der Waals surface area (Å²) in [7, 11) is 0. The minimum atomic E-state index is -0.427. The van der Waals surface area contributed by atoms with Crippen LogP contribution < -0.4 is 5.56 Å². The smallest absolute Gasteiger partial charge is 0.253 e. The quantitative estimate of drug-likeness (QED) is 0.854. The van der Waals surface area contributed by atoms with Gasteiger partial charge in [0.25, 0.3) is 5.56 Å². The van der Waals surface area contributed by atoms with Crippen LogP contribution in [-0.4, -0.2) is 4.57 Å². The van der Waals surface area contributed by atoms with Crippen molar-refractivity contribution < 1.29 is 4.39 Å². The lowest BCUT2D eigenvalue weighted by Crippen LogP contribution is -2.22. The van der Waals surface area contributed by atoms with Crippen LogP contribution in [0.3, 0.4) is 0 Å². The predicted octanol–water partition coefficient (Wildman–Crippen LogP) is 2.98. The lowest BCUT2D eigenvalue weighted by molar-refractivity contribution is 0.595. The Hall–Kier alpha value is -1.93. The third-order valence-corrected chi connectivity index (χ3v) is 3.18. The number of benzene rings is 1. The fraction of sp³-hybridized carbons (Fsp3) is 0.143. The third-order valence-electron chi connectivity index (χ3n) is 2.75. The second-order valence-electron chi connectivity index (χ2n) is 4.19. The first-order chi connectivity index (χ1) is 9.01. The zero-order chi connectivity index (χ0) is 14.0. The average molecular weight is 321 g/mol. The van der Waals surface area contributed by atoms with E-state index in [2.05, 4.69) is 15.9 Å². The molecule has 1 heterocycles. The molecule has 0 bridgehead atoms. The van der Waals surface area contributed by atoms with Crippen LogP contribution in [0.25, 0.3) is 0 Å². The summed E-state index contributed by atoms with van der Waals surface area (Å²) in [6.07, 6.45) is 1.60.